The molecule has 1 aliphatic rings. The maximum absolute atomic E-state index is 12.0. The average molecular weight is 237 g/mol. The van der Waals surface area contributed by atoms with Crippen molar-refractivity contribution >= 4 is 11.9 Å². The number of carbonyl (C=O) groups is 1. The van der Waals surface area contributed by atoms with Crippen LogP contribution in [0.4, 0.5) is 5.95 Å². The Bertz CT molecular complexity index is 406. The number of hydrogen-bond acceptors (Lipinski definition) is 4. The van der Waals surface area contributed by atoms with Gasteiger partial charge in [0.05, 0.1) is 0 Å². The summed E-state index contributed by atoms with van der Waals surface area (Å²) in [5.74, 6) is 0.249. The van der Waals surface area contributed by atoms with E-state index in [4.69, 9.17) is 5.73 Å². The second-order valence-electron chi connectivity index (χ2n) is 5.00. The lowest BCUT2D eigenvalue weighted by molar-refractivity contribution is 0.0589. The van der Waals surface area contributed by atoms with Gasteiger partial charge in [-0.25, -0.2) is 0 Å². The molecule has 1 aromatic heterocycles. The van der Waals surface area contributed by atoms with Gasteiger partial charge in [-0.15, -0.1) is 5.10 Å². The highest BCUT2D eigenvalue weighted by Crippen LogP contribution is 2.34. The smallest absolute Gasteiger partial charge is 0.291 e. The van der Waals surface area contributed by atoms with Gasteiger partial charge in [-0.1, -0.05) is 20.3 Å². The zero-order valence-electron chi connectivity index (χ0n) is 10.4. The zero-order chi connectivity index (χ0) is 12.5. The van der Waals surface area contributed by atoms with E-state index < -0.39 is 0 Å². The topological polar surface area (TPSA) is 87.9 Å². The van der Waals surface area contributed by atoms with Gasteiger partial charge < -0.3 is 10.6 Å². The van der Waals surface area contributed by atoms with Gasteiger partial charge in [-0.2, -0.15) is 4.98 Å². The minimum Gasteiger partial charge on any atom is -0.366 e. The van der Waals surface area contributed by atoms with E-state index in [1.807, 2.05) is 4.90 Å². The summed E-state index contributed by atoms with van der Waals surface area (Å²) in [5, 5.41) is 6.23. The SMILES string of the molecule is CCC1(C)CCN(C(=O)c2nc(N)n[nH]2)CC1. The number of anilines is 1. The van der Waals surface area contributed by atoms with Crippen LogP contribution in [-0.2, 0) is 0 Å². The number of nitrogens with two attached hydrogens (primary N) is 1. The molecule has 0 spiro atoms. The molecule has 17 heavy (non-hydrogen) atoms. The fourth-order valence-corrected chi connectivity index (χ4v) is 2.12. The molecule has 0 aromatic carbocycles. The fraction of sp³-hybridized carbons (Fsp3) is 0.727. The molecule has 1 fully saturated rings. The average Bonchev–Trinajstić information content (AvgIpc) is 2.76. The summed E-state index contributed by atoms with van der Waals surface area (Å²) in [4.78, 5) is 17.7. The predicted octanol–water partition coefficient (Wildman–Crippen LogP) is 1.04. The summed E-state index contributed by atoms with van der Waals surface area (Å²) in [7, 11) is 0. The second-order valence-corrected chi connectivity index (χ2v) is 5.00. The van der Waals surface area contributed by atoms with Crippen molar-refractivity contribution in [3.63, 3.8) is 0 Å². The molecular formula is C11H19N5O. The lowest BCUT2D eigenvalue weighted by Gasteiger charge is -2.38. The van der Waals surface area contributed by atoms with Crippen LogP contribution in [-0.4, -0.2) is 39.1 Å². The standard InChI is InChI=1S/C11H19N5O/c1-3-11(2)4-6-16(7-5-11)9(17)8-13-10(12)15-14-8/h3-7H2,1-2H3,(H3,12,13,14,15). The number of H-pyrrole nitrogens is 1. The summed E-state index contributed by atoms with van der Waals surface area (Å²) in [6.07, 6.45) is 3.24. The molecule has 1 amide bonds. The molecule has 3 N–H and O–H groups in total. The Morgan fingerprint density at radius 1 is 1.53 bits per heavy atom. The number of hydrogen-bond donors (Lipinski definition) is 2. The molecule has 0 bridgehead atoms. The van der Waals surface area contributed by atoms with E-state index in [0.29, 0.717) is 5.41 Å². The maximum atomic E-state index is 12.0. The van der Waals surface area contributed by atoms with Crippen LogP contribution in [0.5, 0.6) is 0 Å². The first kappa shape index (κ1) is 11.9. The molecule has 0 aliphatic carbocycles. The highest BCUT2D eigenvalue weighted by Gasteiger charge is 2.31. The molecular weight excluding hydrogens is 218 g/mol. The lowest BCUT2D eigenvalue weighted by atomic mass is 9.78. The fourth-order valence-electron chi connectivity index (χ4n) is 2.12. The van der Waals surface area contributed by atoms with Crippen LogP contribution in [0.3, 0.4) is 0 Å². The van der Waals surface area contributed by atoms with Crippen LogP contribution < -0.4 is 5.73 Å². The number of likely N-dealkylation sites (tertiary alicyclic amines) is 1. The van der Waals surface area contributed by atoms with Gasteiger partial charge in [-0.3, -0.25) is 9.89 Å². The lowest BCUT2D eigenvalue weighted by Crippen LogP contribution is -2.42. The van der Waals surface area contributed by atoms with Gasteiger partial charge in [-0.05, 0) is 18.3 Å². The Morgan fingerprint density at radius 2 is 2.18 bits per heavy atom. The Hall–Kier alpha value is -1.59. The predicted molar refractivity (Wildman–Crippen MR) is 64.3 cm³/mol. The van der Waals surface area contributed by atoms with Gasteiger partial charge in [0.1, 0.15) is 0 Å². The van der Waals surface area contributed by atoms with Crippen molar-refractivity contribution in [2.75, 3.05) is 18.8 Å². The van der Waals surface area contributed by atoms with Crippen LogP contribution in [0.15, 0.2) is 0 Å². The Kier molecular flexibility index (Phi) is 3.04. The van der Waals surface area contributed by atoms with Crippen molar-refractivity contribution in [2.45, 2.75) is 33.1 Å². The van der Waals surface area contributed by atoms with Crippen LogP contribution in [0, 0.1) is 5.41 Å². The molecule has 0 saturated carbocycles. The van der Waals surface area contributed by atoms with Gasteiger partial charge in [0.25, 0.3) is 5.91 Å². The first-order chi connectivity index (χ1) is 8.04. The molecule has 6 nitrogen and oxygen atoms in total. The van der Waals surface area contributed by atoms with Crippen molar-refractivity contribution in [3.05, 3.63) is 5.82 Å². The Labute approximate surface area is 101 Å². The van der Waals surface area contributed by atoms with E-state index in [2.05, 4.69) is 29.0 Å². The molecule has 2 heterocycles. The van der Waals surface area contributed by atoms with Gasteiger partial charge in [0.15, 0.2) is 0 Å². The van der Waals surface area contributed by atoms with Gasteiger partial charge in [0.2, 0.25) is 11.8 Å². The Morgan fingerprint density at radius 3 is 2.65 bits per heavy atom. The molecule has 0 atom stereocenters. The number of piperidine rings is 1. The minimum absolute atomic E-state index is 0.104. The van der Waals surface area contributed by atoms with Crippen LogP contribution in [0.25, 0.3) is 0 Å². The van der Waals surface area contributed by atoms with E-state index in [0.717, 1.165) is 32.4 Å². The molecule has 1 saturated heterocycles. The highest BCUT2D eigenvalue weighted by molar-refractivity contribution is 5.90. The Balaban J connectivity index is 1.99. The quantitative estimate of drug-likeness (QED) is 0.804. The van der Waals surface area contributed by atoms with Crippen molar-refractivity contribution < 1.29 is 4.79 Å². The summed E-state index contributed by atoms with van der Waals surface area (Å²) < 4.78 is 0. The number of rotatable bonds is 2. The van der Waals surface area contributed by atoms with Crippen LogP contribution in [0.2, 0.25) is 0 Å². The maximum Gasteiger partial charge on any atom is 0.291 e. The third-order valence-electron chi connectivity index (χ3n) is 3.82. The van der Waals surface area contributed by atoms with E-state index in [-0.39, 0.29) is 17.7 Å². The van der Waals surface area contributed by atoms with Crippen LogP contribution in [0.1, 0.15) is 43.7 Å². The summed E-state index contributed by atoms with van der Waals surface area (Å²) in [6, 6.07) is 0. The van der Waals surface area contributed by atoms with Crippen molar-refractivity contribution in [2.24, 2.45) is 5.41 Å². The van der Waals surface area contributed by atoms with Gasteiger partial charge >= 0.3 is 0 Å². The van der Waals surface area contributed by atoms with E-state index in [1.165, 1.54) is 0 Å². The molecule has 0 unspecified atom stereocenters. The zero-order valence-corrected chi connectivity index (χ0v) is 10.4. The normalized spacial score (nSPS) is 19.3. The number of aromatic nitrogens is 3. The van der Waals surface area contributed by atoms with E-state index in [9.17, 15) is 4.79 Å². The van der Waals surface area contributed by atoms with Crippen molar-refractivity contribution in [1.82, 2.24) is 20.1 Å². The van der Waals surface area contributed by atoms with Crippen molar-refractivity contribution in [3.8, 4) is 0 Å². The van der Waals surface area contributed by atoms with E-state index >= 15 is 0 Å². The molecule has 1 aromatic rings. The summed E-state index contributed by atoms with van der Waals surface area (Å²) >= 11 is 0. The van der Waals surface area contributed by atoms with Crippen LogP contribution >= 0.6 is 0 Å². The second kappa shape index (κ2) is 4.35. The molecule has 6 heteroatoms. The molecule has 0 radical (unpaired) electrons. The number of nitrogen functional groups attached to an aromatic ring is 1. The minimum atomic E-state index is -0.104. The monoisotopic (exact) mass is 237 g/mol. The highest BCUT2D eigenvalue weighted by atomic mass is 16.2. The number of nitrogens with one attached hydrogen (secondary N) is 1. The van der Waals surface area contributed by atoms with Crippen molar-refractivity contribution in [1.29, 1.82) is 0 Å². The third kappa shape index (κ3) is 2.40. The summed E-state index contributed by atoms with van der Waals surface area (Å²) in [6.45, 7) is 6.05. The van der Waals surface area contributed by atoms with E-state index in [1.54, 1.807) is 0 Å². The molecule has 1 aliphatic heterocycles. The number of amides is 1. The third-order valence-corrected chi connectivity index (χ3v) is 3.82. The molecule has 94 valence electrons. The summed E-state index contributed by atoms with van der Waals surface area (Å²) in [5.41, 5.74) is 5.76. The largest absolute Gasteiger partial charge is 0.366 e. The van der Waals surface area contributed by atoms with Gasteiger partial charge in [0, 0.05) is 13.1 Å². The number of aromatic amines is 1. The first-order valence-electron chi connectivity index (χ1n) is 6.01. The number of nitrogens with zero attached hydrogens (tertiary/aromatic N) is 3. The first-order valence-corrected chi connectivity index (χ1v) is 6.01. The molecule has 2 rings (SSSR count). The number of carbonyl (C=O) groups excluding carboxylic acids is 1.